The van der Waals surface area contributed by atoms with Crippen LogP contribution in [0.25, 0.3) is 0 Å². The maximum atomic E-state index is 12.8. The largest absolute Gasteiger partial charge is 0.472 e. The standard InChI is InChI=1S/C46H82NO12P/c1-6-8-10-11-12-13-14-15-16-17-18-19-20-21-26-30-44(50)55-37-40(38-57-60(53,54)56-35-34-47(3,4)5)58-45(51)31-27-23-22-25-29-41-42(49)36-46(52)59-43(41)33-32-39(48)28-24-9-7-2/h9,15-16,22,24-25,32-33,39-43,46,48-49,52H,6-8,10-14,17-21,23,26-31,34-38H2,1-5H3/p+1/b16-15-,24-9-,25-22-,33-32+. The van der Waals surface area contributed by atoms with Crippen LogP contribution in [0.2, 0.25) is 0 Å². The number of likely N-dealkylation sites (N-methyl/N-ethyl adjacent to an activating group) is 1. The second kappa shape index (κ2) is 34.3. The zero-order valence-corrected chi connectivity index (χ0v) is 38.6. The first-order valence-electron chi connectivity index (χ1n) is 22.8. The SMILES string of the molecule is CC/C=C\CC(O)/C=C/C1OC(O)CC(O)C1C/C=C\CCCC(=O)OC(COC(=O)CCCCCCC/C=C\CCCCCCCC)COP(=O)(O)OCC[N+](C)(C)C. The van der Waals surface area contributed by atoms with Crippen LogP contribution < -0.4 is 0 Å². The number of rotatable bonds is 36. The lowest BCUT2D eigenvalue weighted by molar-refractivity contribution is -0.870. The van der Waals surface area contributed by atoms with Crippen molar-refractivity contribution < 1.29 is 62.1 Å². The molecule has 0 amide bonds. The molecular weight excluding hydrogens is 789 g/mol. The molecular formula is C46H83NO12P+. The van der Waals surface area contributed by atoms with Gasteiger partial charge in [0.1, 0.15) is 19.8 Å². The molecule has 1 rings (SSSR count). The Morgan fingerprint density at radius 3 is 2.07 bits per heavy atom. The average molecular weight is 873 g/mol. The number of allylic oxidation sites excluding steroid dienone is 5. The highest BCUT2D eigenvalue weighted by Gasteiger charge is 2.35. The lowest BCUT2D eigenvalue weighted by Gasteiger charge is -2.36. The monoisotopic (exact) mass is 873 g/mol. The number of ether oxygens (including phenoxy) is 3. The Hall–Kier alpha value is -2.19. The summed E-state index contributed by atoms with van der Waals surface area (Å²) in [5.74, 6) is -1.35. The van der Waals surface area contributed by atoms with E-state index in [1.807, 2.05) is 52.4 Å². The fraction of sp³-hybridized carbons (Fsp3) is 0.783. The molecule has 1 aliphatic heterocycles. The Balaban J connectivity index is 2.55. The third kappa shape index (κ3) is 31.6. The van der Waals surface area contributed by atoms with E-state index in [-0.39, 0.29) is 38.4 Å². The van der Waals surface area contributed by atoms with Crippen LogP contribution in [0.3, 0.4) is 0 Å². The van der Waals surface area contributed by atoms with Crippen molar-refractivity contribution in [2.75, 3.05) is 47.5 Å². The van der Waals surface area contributed by atoms with Crippen molar-refractivity contribution in [3.63, 3.8) is 0 Å². The smallest absolute Gasteiger partial charge is 0.462 e. The highest BCUT2D eigenvalue weighted by atomic mass is 31.2. The first kappa shape index (κ1) is 55.8. The van der Waals surface area contributed by atoms with Gasteiger partial charge in [0.25, 0.3) is 0 Å². The number of unbranched alkanes of at least 4 members (excludes halogenated alkanes) is 12. The van der Waals surface area contributed by atoms with Crippen LogP contribution in [0.5, 0.6) is 0 Å². The van der Waals surface area contributed by atoms with Crippen molar-refractivity contribution in [3.8, 4) is 0 Å². The highest BCUT2D eigenvalue weighted by molar-refractivity contribution is 7.47. The molecule has 7 atom stereocenters. The van der Waals surface area contributed by atoms with Crippen LogP contribution in [0.15, 0.2) is 48.6 Å². The zero-order chi connectivity index (χ0) is 44.5. The van der Waals surface area contributed by atoms with E-state index in [4.69, 9.17) is 23.3 Å². The topological polar surface area (TPSA) is 178 Å². The van der Waals surface area contributed by atoms with E-state index in [2.05, 4.69) is 19.1 Å². The van der Waals surface area contributed by atoms with E-state index in [1.54, 1.807) is 12.2 Å². The fourth-order valence-electron chi connectivity index (χ4n) is 6.48. The number of hydrogen-bond acceptors (Lipinski definition) is 11. The number of hydrogen-bond donors (Lipinski definition) is 4. The van der Waals surface area contributed by atoms with Crippen molar-refractivity contribution in [2.24, 2.45) is 5.92 Å². The van der Waals surface area contributed by atoms with Crippen molar-refractivity contribution in [1.29, 1.82) is 0 Å². The number of carbonyl (C=O) groups excluding carboxylic acids is 2. The number of aliphatic hydroxyl groups is 3. The summed E-state index contributed by atoms with van der Waals surface area (Å²) < 4.78 is 39.9. The number of quaternary nitrogens is 1. The molecule has 0 spiro atoms. The van der Waals surface area contributed by atoms with Crippen LogP contribution in [0.4, 0.5) is 0 Å². The molecule has 0 aromatic carbocycles. The molecule has 0 aromatic rings. The molecule has 60 heavy (non-hydrogen) atoms. The number of aliphatic hydroxyl groups excluding tert-OH is 3. The van der Waals surface area contributed by atoms with Gasteiger partial charge in [0.15, 0.2) is 12.4 Å². The van der Waals surface area contributed by atoms with E-state index < -0.39 is 57.1 Å². The predicted molar refractivity (Wildman–Crippen MR) is 237 cm³/mol. The summed E-state index contributed by atoms with van der Waals surface area (Å²) in [6.45, 7) is 3.88. The summed E-state index contributed by atoms with van der Waals surface area (Å²) in [7, 11) is 1.30. The van der Waals surface area contributed by atoms with Crippen molar-refractivity contribution in [1.82, 2.24) is 0 Å². The van der Waals surface area contributed by atoms with Crippen LogP contribution >= 0.6 is 7.82 Å². The zero-order valence-electron chi connectivity index (χ0n) is 37.7. The molecule has 7 unspecified atom stereocenters. The minimum Gasteiger partial charge on any atom is -0.462 e. The van der Waals surface area contributed by atoms with Gasteiger partial charge in [0.05, 0.1) is 46.1 Å². The first-order chi connectivity index (χ1) is 28.7. The second-order valence-corrected chi connectivity index (χ2v) is 18.4. The summed E-state index contributed by atoms with van der Waals surface area (Å²) in [5.41, 5.74) is 0. The van der Waals surface area contributed by atoms with Gasteiger partial charge in [0.2, 0.25) is 0 Å². The molecule has 1 saturated heterocycles. The van der Waals surface area contributed by atoms with Gasteiger partial charge >= 0.3 is 19.8 Å². The Bertz CT molecular complexity index is 1280. The van der Waals surface area contributed by atoms with Gasteiger partial charge in [-0.1, -0.05) is 114 Å². The molecule has 13 nitrogen and oxygen atoms in total. The Kier molecular flexibility index (Phi) is 31.9. The van der Waals surface area contributed by atoms with Crippen LogP contribution in [-0.2, 0) is 37.4 Å². The lowest BCUT2D eigenvalue weighted by Crippen LogP contribution is -2.43. The third-order valence-corrected chi connectivity index (χ3v) is 11.1. The quantitative estimate of drug-likeness (QED) is 0.0155. The lowest BCUT2D eigenvalue weighted by atomic mass is 9.87. The maximum Gasteiger partial charge on any atom is 0.472 e. The van der Waals surface area contributed by atoms with Crippen molar-refractivity contribution in [2.45, 2.75) is 179 Å². The minimum atomic E-state index is -4.46. The third-order valence-electron chi connectivity index (χ3n) is 10.1. The second-order valence-electron chi connectivity index (χ2n) is 16.9. The number of esters is 2. The Morgan fingerprint density at radius 2 is 1.40 bits per heavy atom. The van der Waals surface area contributed by atoms with Gasteiger partial charge < -0.3 is 38.9 Å². The fourth-order valence-corrected chi connectivity index (χ4v) is 7.22. The van der Waals surface area contributed by atoms with Gasteiger partial charge in [-0.05, 0) is 64.2 Å². The number of phosphoric acid groups is 1. The predicted octanol–water partition coefficient (Wildman–Crippen LogP) is 8.79. The highest BCUT2D eigenvalue weighted by Crippen LogP contribution is 2.43. The average Bonchev–Trinajstić information content (AvgIpc) is 3.18. The van der Waals surface area contributed by atoms with E-state index in [0.29, 0.717) is 43.1 Å². The van der Waals surface area contributed by atoms with Crippen LogP contribution in [-0.4, -0.2) is 115 Å². The molecule has 0 aromatic heterocycles. The van der Waals surface area contributed by atoms with Crippen LogP contribution in [0.1, 0.15) is 149 Å². The summed E-state index contributed by atoms with van der Waals surface area (Å²) in [5, 5.41) is 31.0. The van der Waals surface area contributed by atoms with Gasteiger partial charge in [-0.3, -0.25) is 18.6 Å². The Morgan fingerprint density at radius 1 is 0.783 bits per heavy atom. The molecule has 1 aliphatic rings. The maximum absolute atomic E-state index is 12.8. The number of phosphoric ester groups is 1. The van der Waals surface area contributed by atoms with E-state index >= 15 is 0 Å². The molecule has 348 valence electrons. The minimum absolute atomic E-state index is 0.0215. The number of nitrogens with zero attached hydrogens (tertiary/aromatic N) is 1. The molecule has 0 bridgehead atoms. The van der Waals surface area contributed by atoms with Crippen molar-refractivity contribution >= 4 is 19.8 Å². The van der Waals surface area contributed by atoms with Crippen LogP contribution in [0, 0.1) is 5.92 Å². The van der Waals surface area contributed by atoms with E-state index in [1.165, 1.54) is 38.5 Å². The molecule has 14 heteroatoms. The van der Waals surface area contributed by atoms with Crippen molar-refractivity contribution in [3.05, 3.63) is 48.6 Å². The molecule has 4 N–H and O–H groups in total. The van der Waals surface area contributed by atoms with E-state index in [0.717, 1.165) is 44.9 Å². The van der Waals surface area contributed by atoms with E-state index in [9.17, 15) is 34.4 Å². The van der Waals surface area contributed by atoms with Gasteiger partial charge in [-0.25, -0.2) is 4.57 Å². The molecule has 0 radical (unpaired) electrons. The van der Waals surface area contributed by atoms with Gasteiger partial charge in [-0.15, -0.1) is 0 Å². The summed E-state index contributed by atoms with van der Waals surface area (Å²) in [6, 6.07) is 0. The first-order valence-corrected chi connectivity index (χ1v) is 24.3. The Labute approximate surface area is 362 Å². The van der Waals surface area contributed by atoms with Gasteiger partial charge in [0, 0.05) is 25.2 Å². The molecule has 1 fully saturated rings. The molecule has 0 saturated carbocycles. The number of carbonyl (C=O) groups is 2. The molecule has 1 heterocycles. The summed E-state index contributed by atoms with van der Waals surface area (Å²) in [6.07, 6.45) is 29.3. The summed E-state index contributed by atoms with van der Waals surface area (Å²) >= 11 is 0. The van der Waals surface area contributed by atoms with Gasteiger partial charge in [-0.2, -0.15) is 0 Å². The summed E-state index contributed by atoms with van der Waals surface area (Å²) in [4.78, 5) is 35.6. The normalized spacial score (nSPS) is 20.9. The molecule has 0 aliphatic carbocycles.